The number of carbonyl (C=O) groups is 3. The lowest BCUT2D eigenvalue weighted by Gasteiger charge is -2.45. The fourth-order valence-electron chi connectivity index (χ4n) is 7.60. The number of halogens is 1. The number of unbranched alkanes of at least 4 members (excludes halogenated alkanes) is 1. The molecule has 0 radical (unpaired) electrons. The number of amides is 1. The number of aryl methyl sites for hydroxylation is 1. The van der Waals surface area contributed by atoms with Crippen LogP contribution in [0.25, 0.3) is 16.5 Å². The molecule has 4 rings (SSSR count). The van der Waals surface area contributed by atoms with Gasteiger partial charge >= 0.3 is 0 Å². The Kier molecular flexibility index (Phi) is 12.8. The lowest BCUT2D eigenvalue weighted by molar-refractivity contribution is -0.154. The van der Waals surface area contributed by atoms with Crippen LogP contribution < -0.4 is 5.32 Å². The number of benzene rings is 1. The standard InChI is InChI=1S/C39H54FN3O5/c1-9-11-13-29-36-34(43(7)38(46)39(16-12-17-39)22-48-23-41-6)15-14-28-25(4)32(40)19-33(35(28)36)42-37(29)24(3)18-30(27(10-2)20-44)31(21-47-8)26(5)45/h18-20,27,34,41H,9-17,21-23H2,1-8H3/b24-18+,31-30+. The average molecular weight is 664 g/mol. The van der Waals surface area contributed by atoms with Crippen LogP contribution >= 0.6 is 0 Å². The molecule has 0 aliphatic heterocycles. The highest BCUT2D eigenvalue weighted by Gasteiger charge is 2.48. The molecule has 1 saturated carbocycles. The molecule has 2 aliphatic rings. The third kappa shape index (κ3) is 7.33. The molecule has 0 saturated heterocycles. The summed E-state index contributed by atoms with van der Waals surface area (Å²) in [4.78, 5) is 46.5. The van der Waals surface area contributed by atoms with Crippen molar-refractivity contribution in [3.05, 3.63) is 57.1 Å². The van der Waals surface area contributed by atoms with Gasteiger partial charge in [0.15, 0.2) is 5.78 Å². The molecule has 2 atom stereocenters. The van der Waals surface area contributed by atoms with E-state index in [1.54, 1.807) is 0 Å². The molecule has 1 aromatic carbocycles. The van der Waals surface area contributed by atoms with E-state index in [2.05, 4.69) is 12.2 Å². The van der Waals surface area contributed by atoms with Crippen LogP contribution in [0, 0.1) is 24.1 Å². The van der Waals surface area contributed by atoms with E-state index in [-0.39, 0.29) is 30.2 Å². The topological polar surface area (TPSA) is 97.8 Å². The number of pyridine rings is 1. The zero-order valence-electron chi connectivity index (χ0n) is 30.2. The van der Waals surface area contributed by atoms with E-state index in [1.807, 2.05) is 45.8 Å². The summed E-state index contributed by atoms with van der Waals surface area (Å²) >= 11 is 0. The minimum absolute atomic E-state index is 0.0838. The van der Waals surface area contributed by atoms with E-state index in [4.69, 9.17) is 14.5 Å². The normalized spacial score (nSPS) is 18.3. The number of allylic oxidation sites excluding steroid dienone is 3. The van der Waals surface area contributed by atoms with Gasteiger partial charge in [-0.25, -0.2) is 9.37 Å². The van der Waals surface area contributed by atoms with Crippen LogP contribution in [0.4, 0.5) is 4.39 Å². The number of Topliss-reactive ketones (excluding diaryl/α,β-unsaturated/α-hetero) is 1. The molecule has 1 heterocycles. The SMILES string of the molecule is CCCCc1c(/C(C)=C/C(=C(/COC)C(C)=O)C(C=O)CC)nc2cc(F)c(C)c3c2c1C(N(C)C(=O)C1(COCNC)CCC1)CC3. The lowest BCUT2D eigenvalue weighted by Crippen LogP contribution is -2.51. The second-order valence-corrected chi connectivity index (χ2v) is 13.7. The van der Waals surface area contributed by atoms with Gasteiger partial charge in [-0.2, -0.15) is 0 Å². The highest BCUT2D eigenvalue weighted by atomic mass is 19.1. The van der Waals surface area contributed by atoms with Gasteiger partial charge in [0.25, 0.3) is 0 Å². The molecule has 262 valence electrons. The number of ketones is 1. The predicted octanol–water partition coefficient (Wildman–Crippen LogP) is 6.99. The Hall–Kier alpha value is -3.27. The van der Waals surface area contributed by atoms with Gasteiger partial charge in [-0.3, -0.25) is 14.9 Å². The summed E-state index contributed by atoms with van der Waals surface area (Å²) in [5.41, 5.74) is 6.23. The first-order valence-electron chi connectivity index (χ1n) is 17.5. The summed E-state index contributed by atoms with van der Waals surface area (Å²) < 4.78 is 26.7. The molecule has 1 aromatic heterocycles. The quantitative estimate of drug-likeness (QED) is 0.0640. The summed E-state index contributed by atoms with van der Waals surface area (Å²) in [6.07, 6.45) is 9.77. The molecule has 0 bridgehead atoms. The first kappa shape index (κ1) is 37.5. The van der Waals surface area contributed by atoms with E-state index in [9.17, 15) is 14.4 Å². The number of hydrogen-bond donors (Lipinski definition) is 1. The van der Waals surface area contributed by atoms with Crippen LogP contribution in [0.3, 0.4) is 0 Å². The van der Waals surface area contributed by atoms with Crippen LogP contribution in [0.5, 0.6) is 0 Å². The van der Waals surface area contributed by atoms with Crippen LogP contribution in [0.1, 0.15) is 107 Å². The highest BCUT2D eigenvalue weighted by Crippen LogP contribution is 2.48. The number of aldehydes is 1. The average Bonchev–Trinajstić information content (AvgIpc) is 3.05. The molecule has 2 unspecified atom stereocenters. The van der Waals surface area contributed by atoms with Gasteiger partial charge in [-0.05, 0) is 106 Å². The van der Waals surface area contributed by atoms with Crippen LogP contribution in [-0.4, -0.2) is 69.0 Å². The third-order valence-corrected chi connectivity index (χ3v) is 10.5. The number of methoxy groups -OCH3 is 1. The van der Waals surface area contributed by atoms with Crippen molar-refractivity contribution in [2.24, 2.45) is 11.3 Å². The van der Waals surface area contributed by atoms with Gasteiger partial charge in [-0.15, -0.1) is 0 Å². The smallest absolute Gasteiger partial charge is 0.231 e. The lowest BCUT2D eigenvalue weighted by atomic mass is 9.68. The first-order valence-corrected chi connectivity index (χ1v) is 17.5. The summed E-state index contributed by atoms with van der Waals surface area (Å²) in [7, 11) is 5.26. The van der Waals surface area contributed by atoms with Gasteiger partial charge in [0.2, 0.25) is 5.91 Å². The Bertz CT molecular complexity index is 1590. The maximum absolute atomic E-state index is 15.5. The minimum atomic E-state index is -0.549. The number of aromatic nitrogens is 1. The Labute approximate surface area is 285 Å². The van der Waals surface area contributed by atoms with Gasteiger partial charge in [-0.1, -0.05) is 32.8 Å². The maximum atomic E-state index is 15.5. The number of hydrogen-bond acceptors (Lipinski definition) is 7. The van der Waals surface area contributed by atoms with Crippen molar-refractivity contribution >= 4 is 34.5 Å². The monoisotopic (exact) mass is 663 g/mol. The van der Waals surface area contributed by atoms with Crippen molar-refractivity contribution < 1.29 is 28.2 Å². The summed E-state index contributed by atoms with van der Waals surface area (Å²) in [6.45, 7) is 10.2. The van der Waals surface area contributed by atoms with Crippen molar-refractivity contribution in [2.75, 3.05) is 41.1 Å². The largest absolute Gasteiger partial charge is 0.380 e. The zero-order chi connectivity index (χ0) is 35.2. The Balaban J connectivity index is 2.00. The number of rotatable bonds is 17. The minimum Gasteiger partial charge on any atom is -0.380 e. The van der Waals surface area contributed by atoms with Crippen LogP contribution in [-0.2, 0) is 36.7 Å². The van der Waals surface area contributed by atoms with Gasteiger partial charge in [0.1, 0.15) is 12.1 Å². The summed E-state index contributed by atoms with van der Waals surface area (Å²) in [5, 5.41) is 3.95. The zero-order valence-corrected chi connectivity index (χ0v) is 30.2. The van der Waals surface area contributed by atoms with E-state index in [1.165, 1.54) is 20.1 Å². The number of ether oxygens (including phenoxy) is 2. The van der Waals surface area contributed by atoms with Gasteiger partial charge in [0.05, 0.1) is 42.6 Å². The molecule has 1 N–H and O–H groups in total. The number of carbonyl (C=O) groups excluding carboxylic acids is 3. The van der Waals surface area contributed by atoms with Gasteiger partial charge in [0, 0.05) is 37.1 Å². The van der Waals surface area contributed by atoms with Gasteiger partial charge < -0.3 is 19.2 Å². The molecule has 48 heavy (non-hydrogen) atoms. The Morgan fingerprint density at radius 2 is 1.98 bits per heavy atom. The number of nitrogens with zero attached hydrogens (tertiary/aromatic N) is 2. The van der Waals surface area contributed by atoms with Crippen molar-refractivity contribution in [1.82, 2.24) is 15.2 Å². The predicted molar refractivity (Wildman–Crippen MR) is 188 cm³/mol. The maximum Gasteiger partial charge on any atom is 0.231 e. The number of nitrogens with one attached hydrogen (secondary N) is 1. The van der Waals surface area contributed by atoms with Crippen molar-refractivity contribution in [3.8, 4) is 0 Å². The van der Waals surface area contributed by atoms with E-state index in [0.29, 0.717) is 60.5 Å². The van der Waals surface area contributed by atoms with Crippen LogP contribution in [0.15, 0.2) is 23.3 Å². The molecule has 2 aromatic rings. The molecular formula is C39H54FN3O5. The Morgan fingerprint density at radius 1 is 1.25 bits per heavy atom. The fraction of sp³-hybridized carbons (Fsp3) is 0.590. The summed E-state index contributed by atoms with van der Waals surface area (Å²) in [5.74, 6) is -0.867. The molecule has 2 aliphatic carbocycles. The van der Waals surface area contributed by atoms with Crippen molar-refractivity contribution in [1.29, 1.82) is 0 Å². The molecule has 0 spiro atoms. The fourth-order valence-corrected chi connectivity index (χ4v) is 7.60. The highest BCUT2D eigenvalue weighted by molar-refractivity contribution is 5.97. The summed E-state index contributed by atoms with van der Waals surface area (Å²) in [6, 6.07) is 1.29. The van der Waals surface area contributed by atoms with E-state index >= 15 is 4.39 Å². The van der Waals surface area contributed by atoms with Crippen molar-refractivity contribution in [3.63, 3.8) is 0 Å². The molecular weight excluding hydrogens is 609 g/mol. The van der Waals surface area contributed by atoms with Crippen molar-refractivity contribution in [2.45, 2.75) is 98.4 Å². The molecule has 8 nitrogen and oxygen atoms in total. The van der Waals surface area contributed by atoms with E-state index < -0.39 is 11.3 Å². The molecule has 9 heteroatoms. The Morgan fingerprint density at radius 3 is 2.54 bits per heavy atom. The molecule has 1 amide bonds. The third-order valence-electron chi connectivity index (χ3n) is 10.5. The van der Waals surface area contributed by atoms with Crippen LogP contribution in [0.2, 0.25) is 0 Å². The second-order valence-electron chi connectivity index (χ2n) is 13.7. The first-order chi connectivity index (χ1) is 23.0. The second kappa shape index (κ2) is 16.4. The molecule has 1 fully saturated rings. The van der Waals surface area contributed by atoms with E-state index in [0.717, 1.165) is 72.5 Å².